The number of benzene rings is 1. The van der Waals surface area contributed by atoms with Gasteiger partial charge in [-0.2, -0.15) is 0 Å². The van der Waals surface area contributed by atoms with Gasteiger partial charge < -0.3 is 10.2 Å². The Morgan fingerprint density at radius 2 is 2.12 bits per heavy atom. The Kier molecular flexibility index (Phi) is 4.71. The number of nitrogens with one attached hydrogen (secondary N) is 1. The molecule has 128 valence electrons. The molecule has 1 aromatic carbocycles. The van der Waals surface area contributed by atoms with E-state index in [1.807, 2.05) is 49.1 Å². The van der Waals surface area contributed by atoms with E-state index in [-0.39, 0.29) is 17.5 Å². The van der Waals surface area contributed by atoms with Gasteiger partial charge in [-0.1, -0.05) is 12.1 Å². The van der Waals surface area contributed by atoms with Crippen LogP contribution in [0, 0.1) is 6.92 Å². The van der Waals surface area contributed by atoms with Crippen molar-refractivity contribution in [3.05, 3.63) is 42.2 Å². The highest BCUT2D eigenvalue weighted by molar-refractivity contribution is 7.91. The summed E-state index contributed by atoms with van der Waals surface area (Å²) in [7, 11) is -2.92. The van der Waals surface area contributed by atoms with Crippen LogP contribution in [0.15, 0.2) is 36.7 Å². The number of anilines is 3. The smallest absolute Gasteiger partial charge is 0.152 e. The zero-order valence-corrected chi connectivity index (χ0v) is 14.8. The zero-order valence-electron chi connectivity index (χ0n) is 13.9. The molecule has 0 spiro atoms. The average Bonchev–Trinajstić information content (AvgIpc) is 2.88. The van der Waals surface area contributed by atoms with E-state index < -0.39 is 9.84 Å². The van der Waals surface area contributed by atoms with Gasteiger partial charge in [0, 0.05) is 24.3 Å². The molecule has 2 heterocycles. The fourth-order valence-electron chi connectivity index (χ4n) is 3.07. The lowest BCUT2D eigenvalue weighted by Gasteiger charge is -2.28. The molecular weight excluding hydrogens is 324 g/mol. The van der Waals surface area contributed by atoms with E-state index in [0.29, 0.717) is 18.8 Å². The molecule has 3 rings (SSSR count). The van der Waals surface area contributed by atoms with Gasteiger partial charge >= 0.3 is 0 Å². The molecule has 7 heteroatoms. The summed E-state index contributed by atoms with van der Waals surface area (Å²) in [5.74, 6) is 1.91. The summed E-state index contributed by atoms with van der Waals surface area (Å²) < 4.78 is 23.5. The number of sulfone groups is 1. The van der Waals surface area contributed by atoms with Crippen LogP contribution in [0.25, 0.3) is 0 Å². The van der Waals surface area contributed by atoms with E-state index in [1.54, 1.807) is 0 Å². The highest BCUT2D eigenvalue weighted by Crippen LogP contribution is 2.25. The van der Waals surface area contributed by atoms with E-state index in [0.717, 1.165) is 11.5 Å². The molecule has 0 saturated carbocycles. The molecule has 0 bridgehead atoms. The van der Waals surface area contributed by atoms with Gasteiger partial charge in [0.15, 0.2) is 9.84 Å². The van der Waals surface area contributed by atoms with Crippen LogP contribution in [0.1, 0.15) is 18.9 Å². The van der Waals surface area contributed by atoms with Crippen molar-refractivity contribution >= 4 is 27.2 Å². The number of rotatable bonds is 5. The Morgan fingerprint density at radius 1 is 1.29 bits per heavy atom. The number of nitrogens with zero attached hydrogens (tertiary/aromatic N) is 3. The number of hydrogen-bond donors (Lipinski definition) is 1. The lowest BCUT2D eigenvalue weighted by molar-refractivity contribution is 0.599. The Bertz CT molecular complexity index is 823. The first-order valence-electron chi connectivity index (χ1n) is 8.09. The van der Waals surface area contributed by atoms with Crippen molar-refractivity contribution in [3.63, 3.8) is 0 Å². The first-order valence-corrected chi connectivity index (χ1v) is 9.92. The molecule has 1 atom stereocenters. The summed E-state index contributed by atoms with van der Waals surface area (Å²) >= 11 is 0. The molecule has 24 heavy (non-hydrogen) atoms. The van der Waals surface area contributed by atoms with Crippen molar-refractivity contribution in [3.8, 4) is 0 Å². The Morgan fingerprint density at radius 3 is 2.79 bits per heavy atom. The zero-order chi connectivity index (χ0) is 17.2. The molecular formula is C17H22N4O2S. The molecule has 1 unspecified atom stereocenters. The molecule has 2 aromatic rings. The first-order chi connectivity index (χ1) is 11.5. The summed E-state index contributed by atoms with van der Waals surface area (Å²) in [4.78, 5) is 10.7. The Labute approximate surface area is 142 Å². The normalized spacial score (nSPS) is 19.2. The van der Waals surface area contributed by atoms with Crippen LogP contribution in [-0.4, -0.2) is 42.5 Å². The molecule has 0 radical (unpaired) electrons. The van der Waals surface area contributed by atoms with E-state index in [4.69, 9.17) is 0 Å². The third kappa shape index (κ3) is 3.84. The van der Waals surface area contributed by atoms with Crippen molar-refractivity contribution in [1.82, 2.24) is 9.97 Å². The Balaban J connectivity index is 1.81. The number of aromatic nitrogens is 2. The predicted octanol–water partition coefficient (Wildman–Crippen LogP) is 2.54. The standard InChI is InChI=1S/C17H22N4O2S/c1-3-21(15-7-8-24(22,23)11-15)17-10-16(18-12-19-17)20-14-6-4-5-13(2)9-14/h4-6,9-10,12,15H,3,7-8,11H2,1-2H3,(H,18,19,20). The van der Waals surface area contributed by atoms with Gasteiger partial charge in [0.25, 0.3) is 0 Å². The van der Waals surface area contributed by atoms with Crippen molar-refractivity contribution in [2.45, 2.75) is 26.3 Å². The monoisotopic (exact) mass is 346 g/mol. The van der Waals surface area contributed by atoms with Crippen LogP contribution in [0.5, 0.6) is 0 Å². The second-order valence-corrected chi connectivity index (χ2v) is 8.33. The number of aryl methyl sites for hydroxylation is 1. The van der Waals surface area contributed by atoms with E-state index in [9.17, 15) is 8.42 Å². The minimum Gasteiger partial charge on any atom is -0.353 e. The topological polar surface area (TPSA) is 75.2 Å². The molecule has 0 aliphatic carbocycles. The van der Waals surface area contributed by atoms with Crippen LogP contribution in [-0.2, 0) is 9.84 Å². The van der Waals surface area contributed by atoms with Crippen molar-refractivity contribution in [1.29, 1.82) is 0 Å². The lowest BCUT2D eigenvalue weighted by atomic mass is 10.2. The summed E-state index contributed by atoms with van der Waals surface area (Å²) in [6.07, 6.45) is 2.17. The fourth-order valence-corrected chi connectivity index (χ4v) is 4.80. The van der Waals surface area contributed by atoms with E-state index in [1.165, 1.54) is 11.9 Å². The summed E-state index contributed by atoms with van der Waals surface area (Å²) in [6.45, 7) is 4.76. The maximum absolute atomic E-state index is 11.8. The Hall–Kier alpha value is -2.15. The summed E-state index contributed by atoms with van der Waals surface area (Å²) in [6, 6.07) is 9.91. The molecule has 0 amide bonds. The van der Waals surface area contributed by atoms with Crippen LogP contribution < -0.4 is 10.2 Å². The predicted molar refractivity (Wildman–Crippen MR) is 96.6 cm³/mol. The molecule has 1 N–H and O–H groups in total. The highest BCUT2D eigenvalue weighted by Gasteiger charge is 2.32. The van der Waals surface area contributed by atoms with Crippen LogP contribution in [0.2, 0.25) is 0 Å². The quantitative estimate of drug-likeness (QED) is 0.897. The minimum absolute atomic E-state index is 0.0123. The molecule has 1 aromatic heterocycles. The van der Waals surface area contributed by atoms with Crippen LogP contribution in [0.4, 0.5) is 17.3 Å². The highest BCUT2D eigenvalue weighted by atomic mass is 32.2. The summed E-state index contributed by atoms with van der Waals surface area (Å²) in [5.41, 5.74) is 2.13. The third-order valence-electron chi connectivity index (χ3n) is 4.23. The minimum atomic E-state index is -2.92. The average molecular weight is 346 g/mol. The molecule has 1 aliphatic rings. The van der Waals surface area contributed by atoms with Gasteiger partial charge in [0.05, 0.1) is 11.5 Å². The van der Waals surface area contributed by atoms with Gasteiger partial charge in [-0.25, -0.2) is 18.4 Å². The molecule has 1 aliphatic heterocycles. The first kappa shape index (κ1) is 16.7. The maximum atomic E-state index is 11.8. The van der Waals surface area contributed by atoms with Gasteiger partial charge in [0.1, 0.15) is 18.0 Å². The third-order valence-corrected chi connectivity index (χ3v) is 5.98. The van der Waals surface area contributed by atoms with E-state index >= 15 is 0 Å². The second-order valence-electron chi connectivity index (χ2n) is 6.10. The van der Waals surface area contributed by atoms with Gasteiger partial charge in [-0.15, -0.1) is 0 Å². The number of hydrogen-bond acceptors (Lipinski definition) is 6. The fraction of sp³-hybridized carbons (Fsp3) is 0.412. The van der Waals surface area contributed by atoms with Crippen molar-refractivity contribution in [2.24, 2.45) is 0 Å². The molecule has 6 nitrogen and oxygen atoms in total. The lowest BCUT2D eigenvalue weighted by Crippen LogP contribution is -2.36. The maximum Gasteiger partial charge on any atom is 0.152 e. The van der Waals surface area contributed by atoms with Crippen molar-refractivity contribution in [2.75, 3.05) is 28.3 Å². The van der Waals surface area contributed by atoms with E-state index in [2.05, 4.69) is 15.3 Å². The largest absolute Gasteiger partial charge is 0.353 e. The second kappa shape index (κ2) is 6.76. The van der Waals surface area contributed by atoms with Gasteiger partial charge in [0.2, 0.25) is 0 Å². The molecule has 1 saturated heterocycles. The van der Waals surface area contributed by atoms with Gasteiger partial charge in [-0.3, -0.25) is 0 Å². The van der Waals surface area contributed by atoms with Crippen molar-refractivity contribution < 1.29 is 8.42 Å². The van der Waals surface area contributed by atoms with Gasteiger partial charge in [-0.05, 0) is 38.0 Å². The summed E-state index contributed by atoms with van der Waals surface area (Å²) in [5, 5.41) is 3.27. The van der Waals surface area contributed by atoms with Crippen LogP contribution in [0.3, 0.4) is 0 Å². The van der Waals surface area contributed by atoms with Crippen LogP contribution >= 0.6 is 0 Å². The molecule has 1 fully saturated rings. The SMILES string of the molecule is CCN(c1cc(Nc2cccc(C)c2)ncn1)C1CCS(=O)(=O)C1.